The average molecular weight is 1430 g/mol. The van der Waals surface area contributed by atoms with Crippen molar-refractivity contribution in [1.82, 2.24) is 62.9 Å². The molecule has 9 rings (SSSR count). The Labute approximate surface area is 562 Å². The molecule has 28 heteroatoms. The van der Waals surface area contributed by atoms with Crippen LogP contribution in [0.15, 0.2) is 34.1 Å². The van der Waals surface area contributed by atoms with Crippen molar-refractivity contribution in [2.75, 3.05) is 78.2 Å². The summed E-state index contributed by atoms with van der Waals surface area (Å²) < 4.78 is 9.78. The fourth-order valence-electron chi connectivity index (χ4n) is 12.4. The second-order valence-corrected chi connectivity index (χ2v) is 29.3. The molecule has 3 amide bonds. The molecule has 502 valence electrons. The molecule has 0 aromatic carbocycles. The molecule has 2 aromatic heterocycles. The Balaban J connectivity index is 0.000000246. The Hall–Kier alpha value is -1.16. The van der Waals surface area contributed by atoms with E-state index >= 15 is 0 Å². The summed E-state index contributed by atoms with van der Waals surface area (Å²) in [5.74, 6) is 0.400. The van der Waals surface area contributed by atoms with Gasteiger partial charge in [-0.15, -0.1) is 28.6 Å². The van der Waals surface area contributed by atoms with Gasteiger partial charge in [0, 0.05) is 182 Å². The van der Waals surface area contributed by atoms with E-state index in [1.54, 1.807) is 18.9 Å². The molecule has 8 atom stereocenters. The van der Waals surface area contributed by atoms with Crippen LogP contribution < -0.4 is 53.6 Å². The van der Waals surface area contributed by atoms with Crippen molar-refractivity contribution in [3.05, 3.63) is 47.0 Å². The fourth-order valence-corrected chi connectivity index (χ4v) is 14.1. The number of imide groups is 1. The summed E-state index contributed by atoms with van der Waals surface area (Å²) in [4.78, 5) is 62.5. The summed E-state index contributed by atoms with van der Waals surface area (Å²) in [6.45, 7) is 9.90. The first kappa shape index (κ1) is 77.5. The number of aromatic nitrogens is 2. The number of hydroxylamine groups is 2. The number of methoxy groups -OCH3 is 2. The van der Waals surface area contributed by atoms with E-state index in [-0.39, 0.29) is 51.4 Å². The monoisotopic (exact) mass is 1430 g/mol. The van der Waals surface area contributed by atoms with Gasteiger partial charge in [-0.3, -0.25) is 24.4 Å². The number of halogens is 4. The SMILES string of the molecule is COCCCC(=O)NCCSc1cc2nc(c1)CN[C@@H]1CCCC[C@H]1NCCN[C@@H]1CCCC[C@H]1NC2.COCCCC(=O)ON1C(=O)CCC1=O.NCCSc1cc2nc(c1)CN[C@@H]1CCCC[C@H]1NCCN[C@@H]1CCCC[C@H]1NC2.[Cl][Mn][Cl].[Cl][Mn][Cl]. The standard InChI is InChI=1S/C28H48N6O2S.C23H40N6S.C9H13NO5.4ClH.2Mn/c1-36-15-6-11-28(35)31-14-16-37-23-17-21-19-32-26-9-4-2-7-24(26)29-12-13-30-25-8-3-5-10-27(25)33-20-22(18-23)34-21;24-9-12-30-19-13-17-15-27-22-7-3-1-5-20(22)25-10-11-26-21-6-2-4-8-23(21)28-16-18(14-19)29-17;1-14-6-2-3-9(13)15-10-7(11)4-5-8(10)12;;;;;;/h17-18,24-27,29-30,32-33H,2-16,19-20H2,1H3,(H,31,35);13-14,20-23,25-28H,1-12,15-16,24H2;2-6H2,1H3;4*1H;;/q;;;;;;;2*+2/p-4/t24-,25-,26-,27-;20-,21-,22-,23-;;;;;;;/m11......./s1. The Morgan fingerprint density at radius 2 is 0.864 bits per heavy atom. The summed E-state index contributed by atoms with van der Waals surface area (Å²) in [5.41, 5.74) is 10.3. The first-order valence-corrected chi connectivity index (χ1v) is 40.4. The number of rotatable bonds is 16. The zero-order valence-corrected chi connectivity index (χ0v) is 58.8. The molecule has 0 spiro atoms. The van der Waals surface area contributed by atoms with Crippen LogP contribution in [0.1, 0.15) is 164 Å². The zero-order valence-electron chi connectivity index (χ0n) is 51.7. The average Bonchev–Trinajstić information content (AvgIpc) is 4.02. The molecule has 0 radical (unpaired) electrons. The van der Waals surface area contributed by atoms with Crippen LogP contribution in [0.3, 0.4) is 0 Å². The van der Waals surface area contributed by atoms with Gasteiger partial charge in [-0.2, -0.15) is 0 Å². The number of pyridine rings is 2. The Morgan fingerprint density at radius 3 is 1.19 bits per heavy atom. The van der Waals surface area contributed by atoms with Gasteiger partial charge in [0.2, 0.25) is 5.91 Å². The molecule has 5 fully saturated rings. The second-order valence-electron chi connectivity index (χ2n) is 23.1. The molecular weight excluding hydrogens is 1330 g/mol. The minimum atomic E-state index is -0.587. The summed E-state index contributed by atoms with van der Waals surface area (Å²) in [6.07, 6.45) is 22.7. The van der Waals surface area contributed by atoms with Crippen LogP contribution in [0.5, 0.6) is 0 Å². The van der Waals surface area contributed by atoms with Crippen LogP contribution in [-0.2, 0) is 85.9 Å². The number of nitrogens with two attached hydrogens (primary N) is 1. The van der Waals surface area contributed by atoms with Gasteiger partial charge < -0.3 is 67.9 Å². The topological polar surface area (TPSA) is 259 Å². The number of hydrogen-bond acceptors (Lipinski definition) is 20. The molecule has 2 aromatic rings. The van der Waals surface area contributed by atoms with Gasteiger partial charge >= 0.3 is 72.6 Å². The van der Waals surface area contributed by atoms with Gasteiger partial charge in [-0.1, -0.05) is 51.4 Å². The molecule has 7 aliphatic rings. The third-order valence-corrected chi connectivity index (χ3v) is 18.7. The number of fused-ring (bicyclic) bond motifs is 8. The number of ether oxygens (including phenoxy) is 2. The van der Waals surface area contributed by atoms with E-state index in [0.29, 0.717) is 92.5 Å². The maximum absolute atomic E-state index is 12.0. The first-order chi connectivity index (χ1) is 43.0. The summed E-state index contributed by atoms with van der Waals surface area (Å²) >= 11 is 3.66. The minimum absolute atomic E-state index is 0.00694. The van der Waals surface area contributed by atoms with E-state index in [1.165, 1.54) is 120 Å². The Kier molecular flexibility index (Phi) is 42.0. The second kappa shape index (κ2) is 47.7. The normalized spacial score (nSPS) is 25.2. The van der Waals surface area contributed by atoms with Gasteiger partial charge in [-0.25, -0.2) is 4.79 Å². The number of thioether (sulfide) groups is 2. The molecule has 20 nitrogen and oxygen atoms in total. The van der Waals surface area contributed by atoms with E-state index in [2.05, 4.69) is 77.0 Å². The van der Waals surface area contributed by atoms with Crippen molar-refractivity contribution in [1.29, 1.82) is 0 Å². The van der Waals surface area contributed by atoms with Crippen LogP contribution in [0.4, 0.5) is 0 Å². The van der Waals surface area contributed by atoms with Crippen molar-refractivity contribution in [2.24, 2.45) is 5.73 Å². The zero-order chi connectivity index (χ0) is 63.0. The fraction of sp³-hybridized carbons (Fsp3) is 0.767. The molecular formula is C60H101Cl4Mn2N13O7S2. The molecule has 4 aliphatic carbocycles. The summed E-state index contributed by atoms with van der Waals surface area (Å²) in [7, 11) is 22.4. The number of hydrogen-bond donors (Lipinski definition) is 10. The van der Waals surface area contributed by atoms with E-state index in [4.69, 9.17) is 65.6 Å². The number of nitrogens with zero attached hydrogens (tertiary/aromatic N) is 3. The predicted molar refractivity (Wildman–Crippen MR) is 348 cm³/mol. The number of carbonyl (C=O) groups is 4. The van der Waals surface area contributed by atoms with Gasteiger partial charge in [0.15, 0.2) is 0 Å². The van der Waals surface area contributed by atoms with E-state index in [1.807, 2.05) is 11.8 Å². The van der Waals surface area contributed by atoms with E-state index in [9.17, 15) is 19.2 Å². The molecule has 4 bridgehead atoms. The maximum atomic E-state index is 12.0. The first-order valence-electron chi connectivity index (χ1n) is 31.9. The Bertz CT molecular complexity index is 2180. The number of nitrogens with one attached hydrogen (secondary N) is 9. The third kappa shape index (κ3) is 30.9. The van der Waals surface area contributed by atoms with Crippen LogP contribution in [-0.4, -0.2) is 165 Å². The van der Waals surface area contributed by atoms with Gasteiger partial charge in [0.25, 0.3) is 11.8 Å². The van der Waals surface area contributed by atoms with Gasteiger partial charge in [0.1, 0.15) is 0 Å². The Morgan fingerprint density at radius 1 is 0.545 bits per heavy atom. The third-order valence-electron chi connectivity index (χ3n) is 16.7. The van der Waals surface area contributed by atoms with Crippen LogP contribution >= 0.6 is 63.9 Å². The molecule has 5 heterocycles. The molecule has 1 saturated heterocycles. The molecule has 11 N–H and O–H groups in total. The van der Waals surface area contributed by atoms with Crippen molar-refractivity contribution in [3.63, 3.8) is 0 Å². The molecule has 88 heavy (non-hydrogen) atoms. The van der Waals surface area contributed by atoms with Gasteiger partial charge in [0.05, 0.1) is 29.2 Å². The predicted octanol–water partition coefficient (Wildman–Crippen LogP) is 7.61. The quantitative estimate of drug-likeness (QED) is 0.0336. The van der Waals surface area contributed by atoms with Crippen LogP contribution in [0.25, 0.3) is 0 Å². The van der Waals surface area contributed by atoms with Crippen LogP contribution in [0, 0.1) is 0 Å². The van der Waals surface area contributed by atoms with Crippen LogP contribution in [0.2, 0.25) is 0 Å². The van der Waals surface area contributed by atoms with Crippen molar-refractivity contribution < 1.29 is 59.8 Å². The van der Waals surface area contributed by atoms with Crippen molar-refractivity contribution in [3.8, 4) is 0 Å². The van der Waals surface area contributed by atoms with E-state index in [0.717, 1.165) is 93.1 Å². The van der Waals surface area contributed by atoms with Gasteiger partial charge in [-0.05, 0) is 88.5 Å². The number of amides is 3. The molecule has 0 unspecified atom stereocenters. The van der Waals surface area contributed by atoms with Crippen molar-refractivity contribution in [2.45, 2.75) is 226 Å². The summed E-state index contributed by atoms with van der Waals surface area (Å²) in [5, 5.41) is 34.3. The molecule has 4 saturated carbocycles. The van der Waals surface area contributed by atoms with E-state index < -0.39 is 17.8 Å². The van der Waals surface area contributed by atoms with Crippen molar-refractivity contribution >= 4 is 87.6 Å². The molecule has 3 aliphatic heterocycles. The number of carbonyl (C=O) groups excluding carboxylic acids is 4. The summed E-state index contributed by atoms with van der Waals surface area (Å²) in [6, 6.07) is 13.2.